The van der Waals surface area contributed by atoms with E-state index in [0.29, 0.717) is 12.6 Å². The Labute approximate surface area is 123 Å². The Bertz CT molecular complexity index is 384. The van der Waals surface area contributed by atoms with Crippen molar-refractivity contribution >= 4 is 0 Å². The average Bonchev–Trinajstić information content (AvgIpc) is 2.36. The summed E-state index contributed by atoms with van der Waals surface area (Å²) < 4.78 is 5.45. The molecule has 0 bridgehead atoms. The van der Waals surface area contributed by atoms with Crippen molar-refractivity contribution in [1.82, 2.24) is 5.32 Å². The van der Waals surface area contributed by atoms with Crippen molar-refractivity contribution in [3.05, 3.63) is 29.8 Å². The van der Waals surface area contributed by atoms with Crippen molar-refractivity contribution < 1.29 is 9.84 Å². The van der Waals surface area contributed by atoms with Crippen molar-refractivity contribution in [3.8, 4) is 5.75 Å². The van der Waals surface area contributed by atoms with Gasteiger partial charge in [-0.3, -0.25) is 0 Å². The second kappa shape index (κ2) is 7.65. The van der Waals surface area contributed by atoms with E-state index in [-0.39, 0.29) is 11.5 Å². The number of rotatable bonds is 8. The standard InChI is InChI=1S/C17H29NO2/c1-6-20-16-9-7-15(8-10-16)14(3)18-12-17(4,5)11-13(2)19/h7-10,13-14,18-19H,6,11-12H2,1-5H3. The van der Waals surface area contributed by atoms with E-state index in [9.17, 15) is 5.11 Å². The lowest BCUT2D eigenvalue weighted by atomic mass is 9.86. The number of nitrogens with one attached hydrogen (secondary N) is 1. The van der Waals surface area contributed by atoms with Crippen LogP contribution in [0.25, 0.3) is 0 Å². The van der Waals surface area contributed by atoms with E-state index in [1.54, 1.807) is 0 Å². The van der Waals surface area contributed by atoms with Crippen LogP contribution in [0.3, 0.4) is 0 Å². The van der Waals surface area contributed by atoms with Crippen molar-refractivity contribution in [2.45, 2.75) is 53.2 Å². The fourth-order valence-electron chi connectivity index (χ4n) is 2.44. The molecule has 0 amide bonds. The minimum Gasteiger partial charge on any atom is -0.494 e. The molecule has 114 valence electrons. The lowest BCUT2D eigenvalue weighted by Gasteiger charge is -2.28. The first-order chi connectivity index (χ1) is 9.34. The summed E-state index contributed by atoms with van der Waals surface area (Å²) in [7, 11) is 0. The number of hydrogen-bond acceptors (Lipinski definition) is 3. The topological polar surface area (TPSA) is 41.5 Å². The molecule has 3 nitrogen and oxygen atoms in total. The molecular weight excluding hydrogens is 250 g/mol. The first kappa shape index (κ1) is 17.0. The lowest BCUT2D eigenvalue weighted by Crippen LogP contribution is -2.33. The lowest BCUT2D eigenvalue weighted by molar-refractivity contribution is 0.127. The van der Waals surface area contributed by atoms with Crippen LogP contribution >= 0.6 is 0 Å². The molecule has 20 heavy (non-hydrogen) atoms. The van der Waals surface area contributed by atoms with Crippen LogP contribution in [0.5, 0.6) is 5.75 Å². The summed E-state index contributed by atoms with van der Waals surface area (Å²) in [5.74, 6) is 0.915. The Kier molecular flexibility index (Phi) is 6.50. The largest absolute Gasteiger partial charge is 0.494 e. The van der Waals surface area contributed by atoms with Gasteiger partial charge in [-0.25, -0.2) is 0 Å². The van der Waals surface area contributed by atoms with E-state index in [0.717, 1.165) is 18.7 Å². The van der Waals surface area contributed by atoms with Crippen molar-refractivity contribution in [1.29, 1.82) is 0 Å². The average molecular weight is 279 g/mol. The highest BCUT2D eigenvalue weighted by molar-refractivity contribution is 5.28. The van der Waals surface area contributed by atoms with E-state index in [1.807, 2.05) is 26.0 Å². The van der Waals surface area contributed by atoms with Crippen molar-refractivity contribution in [2.24, 2.45) is 5.41 Å². The van der Waals surface area contributed by atoms with Gasteiger partial charge < -0.3 is 15.2 Å². The molecule has 0 spiro atoms. The maximum atomic E-state index is 9.51. The van der Waals surface area contributed by atoms with Gasteiger partial charge in [0.1, 0.15) is 5.75 Å². The van der Waals surface area contributed by atoms with Crippen LogP contribution in [0.15, 0.2) is 24.3 Å². The Morgan fingerprint density at radius 3 is 2.30 bits per heavy atom. The highest BCUT2D eigenvalue weighted by Crippen LogP contribution is 2.23. The first-order valence-corrected chi connectivity index (χ1v) is 7.48. The van der Waals surface area contributed by atoms with Gasteiger partial charge in [0, 0.05) is 12.6 Å². The van der Waals surface area contributed by atoms with Crippen LogP contribution in [-0.2, 0) is 0 Å². The van der Waals surface area contributed by atoms with Crippen molar-refractivity contribution in [3.63, 3.8) is 0 Å². The number of hydrogen-bond donors (Lipinski definition) is 2. The highest BCUT2D eigenvalue weighted by Gasteiger charge is 2.21. The summed E-state index contributed by atoms with van der Waals surface area (Å²) in [5, 5.41) is 13.1. The quantitative estimate of drug-likeness (QED) is 0.765. The highest BCUT2D eigenvalue weighted by atomic mass is 16.5. The maximum absolute atomic E-state index is 9.51. The molecule has 1 aromatic carbocycles. The number of benzene rings is 1. The molecule has 3 heteroatoms. The molecule has 0 aliphatic rings. The van der Waals surface area contributed by atoms with Gasteiger partial charge in [-0.05, 0) is 50.3 Å². The zero-order valence-electron chi connectivity index (χ0n) is 13.4. The molecule has 0 heterocycles. The molecule has 0 saturated heterocycles. The van der Waals surface area contributed by atoms with E-state index < -0.39 is 0 Å². The van der Waals surface area contributed by atoms with Gasteiger partial charge in [0.05, 0.1) is 12.7 Å². The molecule has 2 N–H and O–H groups in total. The molecule has 1 rings (SSSR count). The molecule has 0 aliphatic heterocycles. The van der Waals surface area contributed by atoms with Crippen LogP contribution in [0.2, 0.25) is 0 Å². The third kappa shape index (κ3) is 5.93. The van der Waals surface area contributed by atoms with Gasteiger partial charge in [0.25, 0.3) is 0 Å². The minimum absolute atomic E-state index is 0.0910. The van der Waals surface area contributed by atoms with Gasteiger partial charge in [-0.2, -0.15) is 0 Å². The number of aliphatic hydroxyl groups is 1. The van der Waals surface area contributed by atoms with Crippen LogP contribution < -0.4 is 10.1 Å². The van der Waals surface area contributed by atoms with E-state index >= 15 is 0 Å². The smallest absolute Gasteiger partial charge is 0.119 e. The SMILES string of the molecule is CCOc1ccc(C(C)NCC(C)(C)CC(C)O)cc1. The molecule has 2 unspecified atom stereocenters. The minimum atomic E-state index is -0.257. The van der Waals surface area contributed by atoms with Crippen LogP contribution in [-0.4, -0.2) is 24.4 Å². The molecule has 0 radical (unpaired) electrons. The molecule has 2 atom stereocenters. The Balaban J connectivity index is 2.51. The molecular formula is C17H29NO2. The summed E-state index contributed by atoms with van der Waals surface area (Å²) in [6.07, 6.45) is 0.545. The molecule has 0 saturated carbocycles. The van der Waals surface area contributed by atoms with E-state index in [1.165, 1.54) is 5.56 Å². The van der Waals surface area contributed by atoms with Gasteiger partial charge in [-0.1, -0.05) is 26.0 Å². The number of ether oxygens (including phenoxy) is 1. The zero-order chi connectivity index (χ0) is 15.2. The van der Waals surface area contributed by atoms with E-state index in [2.05, 4.69) is 38.2 Å². The fraction of sp³-hybridized carbons (Fsp3) is 0.647. The summed E-state index contributed by atoms with van der Waals surface area (Å²) in [6.45, 7) is 11.9. The normalized spacial score (nSPS) is 14.9. The summed E-state index contributed by atoms with van der Waals surface area (Å²) in [4.78, 5) is 0. The maximum Gasteiger partial charge on any atom is 0.119 e. The second-order valence-electron chi connectivity index (χ2n) is 6.32. The van der Waals surface area contributed by atoms with E-state index in [4.69, 9.17) is 4.74 Å². The Morgan fingerprint density at radius 1 is 1.20 bits per heavy atom. The summed E-state index contributed by atoms with van der Waals surface area (Å²) in [5.41, 5.74) is 1.34. The summed E-state index contributed by atoms with van der Waals surface area (Å²) in [6, 6.07) is 8.52. The predicted octanol–water partition coefficient (Wildman–Crippen LogP) is 3.53. The van der Waals surface area contributed by atoms with Gasteiger partial charge in [0.15, 0.2) is 0 Å². The second-order valence-corrected chi connectivity index (χ2v) is 6.32. The molecule has 0 fully saturated rings. The van der Waals surface area contributed by atoms with Crippen LogP contribution in [0, 0.1) is 5.41 Å². The molecule has 0 aromatic heterocycles. The van der Waals surface area contributed by atoms with Gasteiger partial charge in [-0.15, -0.1) is 0 Å². The monoisotopic (exact) mass is 279 g/mol. The fourth-order valence-corrected chi connectivity index (χ4v) is 2.44. The third-order valence-electron chi connectivity index (χ3n) is 3.43. The van der Waals surface area contributed by atoms with Gasteiger partial charge >= 0.3 is 0 Å². The van der Waals surface area contributed by atoms with Crippen LogP contribution in [0.4, 0.5) is 0 Å². The zero-order valence-corrected chi connectivity index (χ0v) is 13.4. The first-order valence-electron chi connectivity index (χ1n) is 7.48. The van der Waals surface area contributed by atoms with Crippen molar-refractivity contribution in [2.75, 3.05) is 13.2 Å². The van der Waals surface area contributed by atoms with Gasteiger partial charge in [0.2, 0.25) is 0 Å². The third-order valence-corrected chi connectivity index (χ3v) is 3.43. The predicted molar refractivity (Wildman–Crippen MR) is 84.1 cm³/mol. The summed E-state index contributed by atoms with van der Waals surface area (Å²) >= 11 is 0. The Morgan fingerprint density at radius 2 is 1.80 bits per heavy atom. The molecule has 0 aliphatic carbocycles. The molecule has 1 aromatic rings. The van der Waals surface area contributed by atoms with Crippen LogP contribution in [0.1, 0.15) is 52.6 Å². The Hall–Kier alpha value is -1.06. The number of aliphatic hydroxyl groups excluding tert-OH is 1.